The molecule has 2 heterocycles. The first-order valence-electron chi connectivity index (χ1n) is 12.7. The predicted octanol–water partition coefficient (Wildman–Crippen LogP) is 1.71. The molecule has 0 spiro atoms. The molecule has 0 saturated carbocycles. The molecule has 0 aromatic heterocycles. The second-order valence-electron chi connectivity index (χ2n) is 10.2. The summed E-state index contributed by atoms with van der Waals surface area (Å²) in [5.74, 6) is -0.816. The van der Waals surface area contributed by atoms with Gasteiger partial charge in [-0.1, -0.05) is 48.5 Å². The van der Waals surface area contributed by atoms with Gasteiger partial charge in [-0.3, -0.25) is 14.4 Å². The molecule has 2 atom stereocenters. The third-order valence-electron chi connectivity index (χ3n) is 6.93. The molecule has 1 saturated heterocycles. The Morgan fingerprint density at radius 2 is 1.74 bits per heavy atom. The summed E-state index contributed by atoms with van der Waals surface area (Å²) in [5, 5.41) is 8.49. The molecule has 3 N–H and O–H groups in total. The van der Waals surface area contributed by atoms with Crippen LogP contribution >= 0.6 is 0 Å². The molecule has 2 aromatic rings. The topological polar surface area (TPSA) is 144 Å². The molecule has 0 bridgehead atoms. The van der Waals surface area contributed by atoms with Crippen molar-refractivity contribution in [3.63, 3.8) is 0 Å². The Bertz CT molecular complexity index is 1270. The molecule has 39 heavy (non-hydrogen) atoms. The Morgan fingerprint density at radius 3 is 2.38 bits per heavy atom. The average molecular weight is 536 g/mol. The Hall–Kier alpha value is -4.41. The first-order chi connectivity index (χ1) is 18.5. The van der Waals surface area contributed by atoms with Gasteiger partial charge in [0.05, 0.1) is 5.71 Å². The van der Waals surface area contributed by atoms with Gasteiger partial charge < -0.3 is 25.4 Å². The van der Waals surface area contributed by atoms with Crippen molar-refractivity contribution in [2.24, 2.45) is 16.3 Å². The number of amides is 4. The first-order valence-corrected chi connectivity index (χ1v) is 12.7. The number of nitrogens with zero attached hydrogens (tertiary/aromatic N) is 3. The van der Waals surface area contributed by atoms with Gasteiger partial charge in [0.1, 0.15) is 23.8 Å². The van der Waals surface area contributed by atoms with E-state index >= 15 is 0 Å². The molecule has 4 amide bonds. The number of nitrogens with one attached hydrogen (secondary N) is 1. The third-order valence-corrected chi connectivity index (χ3v) is 6.93. The minimum absolute atomic E-state index is 0.0988. The number of hydrogen-bond acceptors (Lipinski definition) is 7. The number of hydrogen-bond donors (Lipinski definition) is 2. The molecule has 2 aromatic carbocycles. The molecular formula is C28H33N5O6. The van der Waals surface area contributed by atoms with Crippen LogP contribution in [0.2, 0.25) is 0 Å². The summed E-state index contributed by atoms with van der Waals surface area (Å²) in [4.78, 5) is 53.3. The standard InChI is InChI=1S/C28H33N5O6/c1-27(2,39-26(29)37)24(35)30-21(17-38-20-12-8-5-9-13-20)23(34)33-15-14-22-28(18-33,25(36)32(3)31-22)16-19-10-6-4-7-11-19/h4-13,21H,14-18H2,1-3H3,(H2,29,37)(H,30,35)/t21?,28-/m1/s1. The van der Waals surface area contributed by atoms with Crippen LogP contribution in [0.3, 0.4) is 0 Å². The Kier molecular flexibility index (Phi) is 7.89. The SMILES string of the molecule is CN1N=C2CCN(C(=O)C(COc3ccccc3)NC(=O)C(C)(C)OC(N)=O)C[C@@]2(Cc2ccccc2)C1=O. The van der Waals surface area contributed by atoms with Gasteiger partial charge in [0.2, 0.25) is 5.91 Å². The molecule has 2 aliphatic rings. The Labute approximate surface area is 226 Å². The van der Waals surface area contributed by atoms with E-state index in [1.54, 1.807) is 36.2 Å². The van der Waals surface area contributed by atoms with E-state index in [2.05, 4.69) is 10.4 Å². The number of ether oxygens (including phenoxy) is 2. The van der Waals surface area contributed by atoms with Crippen molar-refractivity contribution in [1.29, 1.82) is 0 Å². The van der Waals surface area contributed by atoms with Crippen LogP contribution in [-0.4, -0.2) is 77.8 Å². The van der Waals surface area contributed by atoms with E-state index in [4.69, 9.17) is 15.2 Å². The second-order valence-corrected chi connectivity index (χ2v) is 10.2. The molecule has 11 nitrogen and oxygen atoms in total. The minimum Gasteiger partial charge on any atom is -0.491 e. The number of rotatable bonds is 9. The van der Waals surface area contributed by atoms with Gasteiger partial charge >= 0.3 is 6.09 Å². The largest absolute Gasteiger partial charge is 0.491 e. The number of likely N-dealkylation sites (tertiary alicyclic amines) is 1. The normalized spacial score (nSPS) is 19.6. The molecule has 1 fully saturated rings. The van der Waals surface area contributed by atoms with Crippen LogP contribution in [0, 0.1) is 5.41 Å². The molecule has 206 valence electrons. The lowest BCUT2D eigenvalue weighted by molar-refractivity contribution is -0.145. The van der Waals surface area contributed by atoms with Crippen LogP contribution in [0.4, 0.5) is 4.79 Å². The number of fused-ring (bicyclic) bond motifs is 1. The van der Waals surface area contributed by atoms with Crippen LogP contribution in [0.5, 0.6) is 5.75 Å². The molecule has 2 aliphatic heterocycles. The summed E-state index contributed by atoms with van der Waals surface area (Å²) < 4.78 is 10.8. The maximum atomic E-state index is 13.9. The highest BCUT2D eigenvalue weighted by atomic mass is 16.6. The lowest BCUT2D eigenvalue weighted by Gasteiger charge is -2.40. The van der Waals surface area contributed by atoms with E-state index in [1.807, 2.05) is 36.4 Å². The van der Waals surface area contributed by atoms with Crippen LogP contribution in [0.25, 0.3) is 0 Å². The van der Waals surface area contributed by atoms with Crippen molar-refractivity contribution in [2.45, 2.75) is 38.3 Å². The van der Waals surface area contributed by atoms with Crippen LogP contribution in [-0.2, 0) is 25.5 Å². The monoisotopic (exact) mass is 535 g/mol. The number of carbonyl (C=O) groups excluding carboxylic acids is 4. The first kappa shape index (κ1) is 27.6. The van der Waals surface area contributed by atoms with Crippen LogP contribution in [0.1, 0.15) is 25.8 Å². The zero-order valence-electron chi connectivity index (χ0n) is 22.3. The maximum Gasteiger partial charge on any atom is 0.405 e. The Balaban J connectivity index is 1.59. The van der Waals surface area contributed by atoms with Gasteiger partial charge in [-0.15, -0.1) is 0 Å². The lowest BCUT2D eigenvalue weighted by Crippen LogP contribution is -2.61. The summed E-state index contributed by atoms with van der Waals surface area (Å²) in [7, 11) is 1.62. The van der Waals surface area contributed by atoms with Crippen molar-refractivity contribution in [1.82, 2.24) is 15.2 Å². The highest BCUT2D eigenvalue weighted by Crippen LogP contribution is 2.38. The van der Waals surface area contributed by atoms with Gasteiger partial charge in [0, 0.05) is 26.6 Å². The van der Waals surface area contributed by atoms with E-state index in [0.29, 0.717) is 25.1 Å². The number of hydrazone groups is 1. The van der Waals surface area contributed by atoms with Gasteiger partial charge in [-0.25, -0.2) is 9.80 Å². The number of nitrogens with two attached hydrogens (primary N) is 1. The highest BCUT2D eigenvalue weighted by Gasteiger charge is 2.54. The van der Waals surface area contributed by atoms with E-state index < -0.39 is 35.0 Å². The fraction of sp³-hybridized carbons (Fsp3) is 0.393. The van der Waals surface area contributed by atoms with E-state index in [-0.39, 0.29) is 19.1 Å². The summed E-state index contributed by atoms with van der Waals surface area (Å²) in [6, 6.07) is 17.3. The summed E-state index contributed by atoms with van der Waals surface area (Å²) >= 11 is 0. The summed E-state index contributed by atoms with van der Waals surface area (Å²) in [6.07, 6.45) is -0.324. The van der Waals surface area contributed by atoms with Crippen molar-refractivity contribution in [3.05, 3.63) is 66.2 Å². The van der Waals surface area contributed by atoms with Crippen molar-refractivity contribution in [3.8, 4) is 5.75 Å². The van der Waals surface area contributed by atoms with Crippen molar-refractivity contribution in [2.75, 3.05) is 26.7 Å². The van der Waals surface area contributed by atoms with Crippen molar-refractivity contribution < 1.29 is 28.7 Å². The minimum atomic E-state index is -1.63. The van der Waals surface area contributed by atoms with Gasteiger partial charge in [-0.05, 0) is 38.0 Å². The van der Waals surface area contributed by atoms with Gasteiger partial charge in [-0.2, -0.15) is 5.10 Å². The van der Waals surface area contributed by atoms with E-state index in [1.165, 1.54) is 18.9 Å². The van der Waals surface area contributed by atoms with Gasteiger partial charge in [0.15, 0.2) is 5.60 Å². The summed E-state index contributed by atoms with van der Waals surface area (Å²) in [5.41, 5.74) is 4.17. The smallest absolute Gasteiger partial charge is 0.405 e. The number of primary amides is 1. The summed E-state index contributed by atoms with van der Waals surface area (Å²) in [6.45, 7) is 2.98. The highest BCUT2D eigenvalue weighted by molar-refractivity contribution is 6.13. The number of piperidine rings is 1. The zero-order valence-corrected chi connectivity index (χ0v) is 22.3. The second kappa shape index (κ2) is 11.1. The molecule has 0 radical (unpaired) electrons. The molecule has 4 rings (SSSR count). The zero-order chi connectivity index (χ0) is 28.2. The van der Waals surface area contributed by atoms with Crippen LogP contribution in [0.15, 0.2) is 65.8 Å². The third kappa shape index (κ3) is 6.02. The molecule has 11 heteroatoms. The molecule has 1 unspecified atom stereocenters. The fourth-order valence-corrected chi connectivity index (χ4v) is 4.94. The molecule has 0 aliphatic carbocycles. The lowest BCUT2D eigenvalue weighted by atomic mass is 9.73. The van der Waals surface area contributed by atoms with Crippen molar-refractivity contribution >= 4 is 29.5 Å². The fourth-order valence-electron chi connectivity index (χ4n) is 4.94. The molecular weight excluding hydrogens is 502 g/mol. The maximum absolute atomic E-state index is 13.9. The quantitative estimate of drug-likeness (QED) is 0.500. The number of carbonyl (C=O) groups is 4. The predicted molar refractivity (Wildman–Crippen MR) is 143 cm³/mol. The number of benzene rings is 2. The van der Waals surface area contributed by atoms with Gasteiger partial charge in [0.25, 0.3) is 11.8 Å². The van der Waals surface area contributed by atoms with E-state index in [0.717, 1.165) is 11.3 Å². The van der Waals surface area contributed by atoms with Crippen LogP contribution < -0.4 is 15.8 Å². The Morgan fingerprint density at radius 1 is 1.10 bits per heavy atom. The average Bonchev–Trinajstić information content (AvgIpc) is 3.15. The number of para-hydroxylation sites is 1. The van der Waals surface area contributed by atoms with E-state index in [9.17, 15) is 19.2 Å².